The minimum atomic E-state index is -0.491. The lowest BCUT2D eigenvalue weighted by atomic mass is 10.1. The van der Waals surface area contributed by atoms with Crippen molar-refractivity contribution in [1.29, 1.82) is 0 Å². The molecule has 2 amide bonds. The normalized spacial score (nSPS) is 14.0. The van der Waals surface area contributed by atoms with Gasteiger partial charge in [0, 0.05) is 11.1 Å². The minimum absolute atomic E-state index is 0.217. The number of hydrogen-bond donors (Lipinski definition) is 2. The monoisotopic (exact) mass is 330 g/mol. The van der Waals surface area contributed by atoms with Gasteiger partial charge in [0.25, 0.3) is 11.8 Å². The molecule has 1 aliphatic rings. The van der Waals surface area contributed by atoms with Crippen LogP contribution in [0.15, 0.2) is 12.4 Å². The topological polar surface area (TPSA) is 98.0 Å². The molecule has 3 rings (SSSR count). The summed E-state index contributed by atoms with van der Waals surface area (Å²) in [5.41, 5.74) is 7.98. The first-order valence-electron chi connectivity index (χ1n) is 7.60. The summed E-state index contributed by atoms with van der Waals surface area (Å²) < 4.78 is 0. The van der Waals surface area contributed by atoms with Crippen molar-refractivity contribution in [2.75, 3.05) is 5.32 Å². The second kappa shape index (κ2) is 6.45. The molecule has 0 spiro atoms. The number of nitrogens with zero attached hydrogens (tertiary/aromatic N) is 2. The fraction of sp³-hybridized carbons (Fsp3) is 0.375. The molecule has 0 aliphatic heterocycles. The van der Waals surface area contributed by atoms with Gasteiger partial charge in [-0.15, -0.1) is 11.3 Å². The van der Waals surface area contributed by atoms with Gasteiger partial charge in [-0.05, 0) is 38.2 Å². The van der Waals surface area contributed by atoms with Crippen LogP contribution < -0.4 is 11.1 Å². The van der Waals surface area contributed by atoms with E-state index in [0.29, 0.717) is 10.6 Å². The third-order valence-corrected chi connectivity index (χ3v) is 5.12. The number of fused-ring (bicyclic) bond motifs is 1. The fourth-order valence-electron chi connectivity index (χ4n) is 2.77. The third-order valence-electron chi connectivity index (χ3n) is 3.91. The standard InChI is InChI=1S/C16H18N4O2S/c1-9-7-19-11(8-18-9)15(22)20-16-13(14(17)21)10-5-3-2-4-6-12(10)23-16/h7-8H,2-6H2,1H3,(H2,17,21)(H,20,22). The van der Waals surface area contributed by atoms with E-state index in [0.717, 1.165) is 48.2 Å². The number of aryl methyl sites for hydroxylation is 2. The minimum Gasteiger partial charge on any atom is -0.365 e. The summed E-state index contributed by atoms with van der Waals surface area (Å²) in [6, 6.07) is 0. The Labute approximate surface area is 138 Å². The van der Waals surface area contributed by atoms with E-state index in [1.165, 1.54) is 23.7 Å². The number of rotatable bonds is 3. The summed E-state index contributed by atoms with van der Waals surface area (Å²) in [5.74, 6) is -0.869. The fourth-order valence-corrected chi connectivity index (χ4v) is 4.06. The van der Waals surface area contributed by atoms with Gasteiger partial charge in [0.15, 0.2) is 0 Å². The summed E-state index contributed by atoms with van der Waals surface area (Å²) in [4.78, 5) is 33.5. The number of aromatic nitrogens is 2. The molecule has 6 nitrogen and oxygen atoms in total. The molecule has 2 aromatic rings. The molecular formula is C16H18N4O2S. The van der Waals surface area contributed by atoms with E-state index in [9.17, 15) is 9.59 Å². The SMILES string of the molecule is Cc1cnc(C(=O)Nc2sc3c(c2C(N)=O)CCCCC3)cn1. The first-order chi connectivity index (χ1) is 11.1. The van der Waals surface area contributed by atoms with Gasteiger partial charge < -0.3 is 11.1 Å². The van der Waals surface area contributed by atoms with Crippen molar-refractivity contribution < 1.29 is 9.59 Å². The summed E-state index contributed by atoms with van der Waals surface area (Å²) in [5, 5.41) is 3.31. The number of primary amides is 1. The third kappa shape index (κ3) is 3.24. The zero-order valence-corrected chi connectivity index (χ0v) is 13.7. The predicted octanol–water partition coefficient (Wildman–Crippen LogP) is 2.47. The first-order valence-corrected chi connectivity index (χ1v) is 8.42. The number of nitrogens with one attached hydrogen (secondary N) is 1. The zero-order chi connectivity index (χ0) is 16.4. The molecule has 7 heteroatoms. The molecule has 120 valence electrons. The average Bonchev–Trinajstić information content (AvgIpc) is 2.69. The number of hydrogen-bond acceptors (Lipinski definition) is 5. The summed E-state index contributed by atoms with van der Waals surface area (Å²) in [7, 11) is 0. The molecule has 23 heavy (non-hydrogen) atoms. The lowest BCUT2D eigenvalue weighted by Crippen LogP contribution is -2.19. The molecule has 2 heterocycles. The summed E-state index contributed by atoms with van der Waals surface area (Å²) >= 11 is 1.45. The lowest BCUT2D eigenvalue weighted by molar-refractivity contribution is 0.100. The Morgan fingerprint density at radius 3 is 2.65 bits per heavy atom. The van der Waals surface area contributed by atoms with Crippen LogP contribution in [0, 0.1) is 6.92 Å². The molecule has 0 bridgehead atoms. The number of carbonyl (C=O) groups is 2. The summed E-state index contributed by atoms with van der Waals surface area (Å²) in [6.45, 7) is 1.80. The molecule has 0 saturated heterocycles. The van der Waals surface area contributed by atoms with Crippen molar-refractivity contribution in [2.24, 2.45) is 5.73 Å². The number of thiophene rings is 1. The van der Waals surface area contributed by atoms with Crippen LogP contribution in [0.2, 0.25) is 0 Å². The Hall–Kier alpha value is -2.28. The number of amides is 2. The van der Waals surface area contributed by atoms with Crippen molar-refractivity contribution in [3.63, 3.8) is 0 Å². The smallest absolute Gasteiger partial charge is 0.276 e. The predicted molar refractivity (Wildman–Crippen MR) is 88.8 cm³/mol. The largest absolute Gasteiger partial charge is 0.365 e. The Kier molecular flexibility index (Phi) is 4.38. The van der Waals surface area contributed by atoms with Crippen LogP contribution >= 0.6 is 11.3 Å². The number of carbonyl (C=O) groups excluding carboxylic acids is 2. The Balaban J connectivity index is 1.92. The van der Waals surface area contributed by atoms with Crippen molar-refractivity contribution in [1.82, 2.24) is 9.97 Å². The van der Waals surface area contributed by atoms with Crippen LogP contribution in [0.4, 0.5) is 5.00 Å². The molecule has 0 radical (unpaired) electrons. The van der Waals surface area contributed by atoms with E-state index in [1.807, 2.05) is 0 Å². The van der Waals surface area contributed by atoms with Gasteiger partial charge in [-0.2, -0.15) is 0 Å². The molecule has 3 N–H and O–H groups in total. The van der Waals surface area contributed by atoms with Gasteiger partial charge in [0.1, 0.15) is 10.7 Å². The van der Waals surface area contributed by atoms with E-state index in [2.05, 4.69) is 15.3 Å². The van der Waals surface area contributed by atoms with Crippen LogP contribution in [-0.2, 0) is 12.8 Å². The molecule has 0 atom stereocenters. The van der Waals surface area contributed by atoms with Gasteiger partial charge in [0.05, 0.1) is 17.5 Å². The van der Waals surface area contributed by atoms with Crippen LogP contribution in [-0.4, -0.2) is 21.8 Å². The quantitative estimate of drug-likeness (QED) is 0.845. The van der Waals surface area contributed by atoms with Crippen molar-refractivity contribution >= 4 is 28.2 Å². The van der Waals surface area contributed by atoms with E-state index >= 15 is 0 Å². The second-order valence-electron chi connectivity index (χ2n) is 5.63. The van der Waals surface area contributed by atoms with Crippen molar-refractivity contribution in [3.8, 4) is 0 Å². The highest BCUT2D eigenvalue weighted by atomic mass is 32.1. The van der Waals surface area contributed by atoms with Gasteiger partial charge in [-0.1, -0.05) is 6.42 Å². The maximum atomic E-state index is 12.3. The Morgan fingerprint density at radius 2 is 1.96 bits per heavy atom. The molecule has 2 aromatic heterocycles. The zero-order valence-electron chi connectivity index (χ0n) is 12.9. The van der Waals surface area contributed by atoms with Crippen LogP contribution in [0.5, 0.6) is 0 Å². The highest BCUT2D eigenvalue weighted by Crippen LogP contribution is 2.37. The molecule has 0 aromatic carbocycles. The first kappa shape index (κ1) is 15.6. The lowest BCUT2D eigenvalue weighted by Gasteiger charge is -2.06. The molecule has 0 saturated carbocycles. The van der Waals surface area contributed by atoms with E-state index < -0.39 is 5.91 Å². The van der Waals surface area contributed by atoms with Gasteiger partial charge >= 0.3 is 0 Å². The molecule has 0 unspecified atom stereocenters. The summed E-state index contributed by atoms with van der Waals surface area (Å²) in [6.07, 6.45) is 8.02. The Morgan fingerprint density at radius 1 is 1.17 bits per heavy atom. The molecular weight excluding hydrogens is 312 g/mol. The average molecular weight is 330 g/mol. The van der Waals surface area contributed by atoms with E-state index in [4.69, 9.17) is 5.73 Å². The highest BCUT2D eigenvalue weighted by molar-refractivity contribution is 7.17. The van der Waals surface area contributed by atoms with Crippen molar-refractivity contribution in [2.45, 2.75) is 39.0 Å². The maximum Gasteiger partial charge on any atom is 0.276 e. The van der Waals surface area contributed by atoms with Gasteiger partial charge in [-0.25, -0.2) is 4.98 Å². The van der Waals surface area contributed by atoms with E-state index in [-0.39, 0.29) is 11.6 Å². The Bertz CT molecular complexity index is 752. The number of anilines is 1. The van der Waals surface area contributed by atoms with Gasteiger partial charge in [0.2, 0.25) is 0 Å². The van der Waals surface area contributed by atoms with Crippen LogP contribution in [0.25, 0.3) is 0 Å². The molecule has 1 aliphatic carbocycles. The van der Waals surface area contributed by atoms with Gasteiger partial charge in [-0.3, -0.25) is 14.6 Å². The van der Waals surface area contributed by atoms with Crippen LogP contribution in [0.1, 0.15) is 56.2 Å². The molecule has 0 fully saturated rings. The van der Waals surface area contributed by atoms with E-state index in [1.54, 1.807) is 6.92 Å². The number of nitrogens with two attached hydrogens (primary N) is 1. The highest BCUT2D eigenvalue weighted by Gasteiger charge is 2.24. The van der Waals surface area contributed by atoms with Crippen molar-refractivity contribution in [3.05, 3.63) is 39.8 Å². The second-order valence-corrected chi connectivity index (χ2v) is 6.74. The van der Waals surface area contributed by atoms with Crippen LogP contribution in [0.3, 0.4) is 0 Å². The maximum absolute atomic E-state index is 12.3.